The van der Waals surface area contributed by atoms with Gasteiger partial charge in [0.25, 0.3) is 5.56 Å². The third kappa shape index (κ3) is 3.52. The van der Waals surface area contributed by atoms with Crippen molar-refractivity contribution < 1.29 is 13.9 Å². The van der Waals surface area contributed by atoms with E-state index in [1.165, 1.54) is 12.1 Å². The van der Waals surface area contributed by atoms with Gasteiger partial charge in [0, 0.05) is 11.9 Å². The van der Waals surface area contributed by atoms with Crippen molar-refractivity contribution in [2.24, 2.45) is 0 Å². The minimum absolute atomic E-state index is 0.0670. The summed E-state index contributed by atoms with van der Waals surface area (Å²) in [5.74, 6) is -1.01. The molecule has 0 saturated carbocycles. The molecule has 0 atom stereocenters. The number of pyridine rings is 1. The molecule has 3 aromatic rings. The Morgan fingerprint density at radius 2 is 1.88 bits per heavy atom. The maximum absolute atomic E-state index is 13.0. The topological polar surface area (TPSA) is 71.2 Å². The smallest absolute Gasteiger partial charge is 0.345 e. The number of aromatic nitrogens is 1. The number of H-pyrrole nitrogens is 1. The van der Waals surface area contributed by atoms with Gasteiger partial charge in [-0.25, -0.2) is 9.18 Å². The molecule has 2 aromatic carbocycles. The standard InChI is InChI=1S/C19H17FN2O3/c1-2-25-19(24)16-17(21-11-12-7-9-13(20)10-8-12)14-5-3-4-6-15(14)22-18(16)23/h3-10H,2,11H2,1H3,(H2,21,22,23). The average Bonchev–Trinajstić information content (AvgIpc) is 2.60. The second-order valence-electron chi connectivity index (χ2n) is 5.45. The molecule has 0 bridgehead atoms. The van der Waals surface area contributed by atoms with Crippen LogP contribution in [0.15, 0.2) is 53.3 Å². The lowest BCUT2D eigenvalue weighted by Gasteiger charge is -2.14. The summed E-state index contributed by atoms with van der Waals surface area (Å²) < 4.78 is 18.1. The lowest BCUT2D eigenvalue weighted by atomic mass is 10.1. The highest BCUT2D eigenvalue weighted by Gasteiger charge is 2.20. The van der Waals surface area contributed by atoms with E-state index in [-0.39, 0.29) is 18.0 Å². The van der Waals surface area contributed by atoms with Gasteiger partial charge in [0.05, 0.1) is 17.8 Å². The minimum atomic E-state index is -0.684. The van der Waals surface area contributed by atoms with Gasteiger partial charge in [0.1, 0.15) is 11.4 Å². The van der Waals surface area contributed by atoms with Crippen molar-refractivity contribution >= 4 is 22.6 Å². The van der Waals surface area contributed by atoms with Crippen LogP contribution in [0.5, 0.6) is 0 Å². The summed E-state index contributed by atoms with van der Waals surface area (Å²) in [5.41, 5.74) is 1.26. The molecular weight excluding hydrogens is 323 g/mol. The number of aromatic amines is 1. The molecule has 0 spiro atoms. The highest BCUT2D eigenvalue weighted by molar-refractivity contribution is 6.04. The lowest BCUT2D eigenvalue weighted by molar-refractivity contribution is 0.0525. The number of halogens is 1. The fourth-order valence-corrected chi connectivity index (χ4v) is 2.62. The Hall–Kier alpha value is -3.15. The summed E-state index contributed by atoms with van der Waals surface area (Å²) in [6.07, 6.45) is 0. The van der Waals surface area contributed by atoms with Gasteiger partial charge in [-0.3, -0.25) is 4.79 Å². The van der Waals surface area contributed by atoms with E-state index >= 15 is 0 Å². The Morgan fingerprint density at radius 3 is 2.60 bits per heavy atom. The Bertz CT molecular complexity index is 965. The fourth-order valence-electron chi connectivity index (χ4n) is 2.62. The minimum Gasteiger partial charge on any atom is -0.462 e. The molecule has 128 valence electrons. The molecule has 0 aliphatic carbocycles. The molecule has 5 nitrogen and oxygen atoms in total. The SMILES string of the molecule is CCOC(=O)c1c(NCc2ccc(F)cc2)c2ccccc2[nH]c1=O. The monoisotopic (exact) mass is 340 g/mol. The Labute approximate surface area is 143 Å². The number of hydrogen-bond donors (Lipinski definition) is 2. The summed E-state index contributed by atoms with van der Waals surface area (Å²) in [4.78, 5) is 27.3. The van der Waals surface area contributed by atoms with Crippen LogP contribution in [0.2, 0.25) is 0 Å². The van der Waals surface area contributed by atoms with Crippen molar-refractivity contribution in [1.29, 1.82) is 0 Å². The fraction of sp³-hybridized carbons (Fsp3) is 0.158. The zero-order chi connectivity index (χ0) is 17.8. The number of benzene rings is 2. The first kappa shape index (κ1) is 16.7. The number of esters is 1. The number of anilines is 1. The van der Waals surface area contributed by atoms with Crippen LogP contribution in [0, 0.1) is 5.82 Å². The molecule has 2 N–H and O–H groups in total. The number of fused-ring (bicyclic) bond motifs is 1. The third-order valence-corrected chi connectivity index (χ3v) is 3.78. The maximum Gasteiger partial charge on any atom is 0.345 e. The third-order valence-electron chi connectivity index (χ3n) is 3.78. The molecule has 0 aliphatic rings. The summed E-state index contributed by atoms with van der Waals surface area (Å²) in [7, 11) is 0. The maximum atomic E-state index is 13.0. The second-order valence-corrected chi connectivity index (χ2v) is 5.45. The Balaban J connectivity index is 2.06. The van der Waals surface area contributed by atoms with E-state index in [2.05, 4.69) is 10.3 Å². The van der Waals surface area contributed by atoms with Crippen molar-refractivity contribution in [3.05, 3.63) is 75.8 Å². The summed E-state index contributed by atoms with van der Waals surface area (Å²) in [6, 6.07) is 13.2. The van der Waals surface area contributed by atoms with Crippen LogP contribution in [-0.2, 0) is 11.3 Å². The van der Waals surface area contributed by atoms with Gasteiger partial charge in [-0.15, -0.1) is 0 Å². The molecule has 1 heterocycles. The molecule has 0 unspecified atom stereocenters. The predicted octanol–water partition coefficient (Wildman–Crippen LogP) is 3.46. The van der Waals surface area contributed by atoms with Crippen LogP contribution < -0.4 is 10.9 Å². The van der Waals surface area contributed by atoms with Crippen molar-refractivity contribution in [1.82, 2.24) is 4.98 Å². The highest BCUT2D eigenvalue weighted by atomic mass is 19.1. The van der Waals surface area contributed by atoms with Gasteiger partial charge in [0.2, 0.25) is 0 Å². The second kappa shape index (κ2) is 7.17. The molecule has 25 heavy (non-hydrogen) atoms. The van der Waals surface area contributed by atoms with E-state index in [1.54, 1.807) is 37.3 Å². The van der Waals surface area contributed by atoms with Gasteiger partial charge >= 0.3 is 5.97 Å². The summed E-state index contributed by atoms with van der Waals surface area (Å²) in [5, 5.41) is 3.83. The van der Waals surface area contributed by atoms with Gasteiger partial charge in [-0.05, 0) is 30.7 Å². The van der Waals surface area contributed by atoms with Gasteiger partial charge in [-0.2, -0.15) is 0 Å². The highest BCUT2D eigenvalue weighted by Crippen LogP contribution is 2.25. The van der Waals surface area contributed by atoms with E-state index < -0.39 is 11.5 Å². The molecule has 1 aromatic heterocycles. The lowest BCUT2D eigenvalue weighted by Crippen LogP contribution is -2.23. The number of rotatable bonds is 5. The average molecular weight is 340 g/mol. The number of ether oxygens (including phenoxy) is 1. The van der Waals surface area contributed by atoms with Crippen LogP contribution in [0.3, 0.4) is 0 Å². The number of hydrogen-bond acceptors (Lipinski definition) is 4. The molecule has 0 amide bonds. The van der Waals surface area contributed by atoms with E-state index in [9.17, 15) is 14.0 Å². The quantitative estimate of drug-likeness (QED) is 0.698. The zero-order valence-corrected chi connectivity index (χ0v) is 13.6. The van der Waals surface area contributed by atoms with Gasteiger partial charge in [-0.1, -0.05) is 30.3 Å². The number of para-hydroxylation sites is 1. The Kier molecular flexibility index (Phi) is 4.79. The molecule has 0 radical (unpaired) electrons. The van der Waals surface area contributed by atoms with Crippen LogP contribution in [0.1, 0.15) is 22.8 Å². The van der Waals surface area contributed by atoms with Crippen LogP contribution in [0.4, 0.5) is 10.1 Å². The first-order valence-electron chi connectivity index (χ1n) is 7.90. The first-order valence-corrected chi connectivity index (χ1v) is 7.90. The van der Waals surface area contributed by atoms with Crippen molar-refractivity contribution in [2.45, 2.75) is 13.5 Å². The van der Waals surface area contributed by atoms with E-state index in [0.29, 0.717) is 23.1 Å². The largest absolute Gasteiger partial charge is 0.462 e. The van der Waals surface area contributed by atoms with E-state index in [4.69, 9.17) is 4.74 Å². The van der Waals surface area contributed by atoms with E-state index in [1.807, 2.05) is 6.07 Å². The van der Waals surface area contributed by atoms with Crippen molar-refractivity contribution in [3.8, 4) is 0 Å². The number of nitrogens with one attached hydrogen (secondary N) is 2. The zero-order valence-electron chi connectivity index (χ0n) is 13.6. The summed E-state index contributed by atoms with van der Waals surface area (Å²) >= 11 is 0. The van der Waals surface area contributed by atoms with Crippen LogP contribution in [0.25, 0.3) is 10.9 Å². The molecule has 6 heteroatoms. The summed E-state index contributed by atoms with van der Waals surface area (Å²) in [6.45, 7) is 2.18. The molecule has 3 rings (SSSR count). The van der Waals surface area contributed by atoms with Crippen molar-refractivity contribution in [3.63, 3.8) is 0 Å². The molecule has 0 saturated heterocycles. The van der Waals surface area contributed by atoms with Gasteiger partial charge in [0.15, 0.2) is 0 Å². The normalized spacial score (nSPS) is 10.6. The molecule has 0 aliphatic heterocycles. The van der Waals surface area contributed by atoms with E-state index in [0.717, 1.165) is 5.56 Å². The number of carbonyl (C=O) groups excluding carboxylic acids is 1. The first-order chi connectivity index (χ1) is 12.1. The Morgan fingerprint density at radius 1 is 1.16 bits per heavy atom. The van der Waals surface area contributed by atoms with Gasteiger partial charge < -0.3 is 15.0 Å². The van der Waals surface area contributed by atoms with Crippen LogP contribution in [-0.4, -0.2) is 17.6 Å². The molecule has 0 fully saturated rings. The molecular formula is C19H17FN2O3. The predicted molar refractivity (Wildman–Crippen MR) is 94.3 cm³/mol. The van der Waals surface area contributed by atoms with Crippen LogP contribution >= 0.6 is 0 Å². The number of carbonyl (C=O) groups is 1. The van der Waals surface area contributed by atoms with Crippen molar-refractivity contribution in [2.75, 3.05) is 11.9 Å².